The van der Waals surface area contributed by atoms with E-state index in [4.69, 9.17) is 0 Å². The van der Waals surface area contributed by atoms with Crippen LogP contribution in [0.2, 0.25) is 0 Å². The van der Waals surface area contributed by atoms with Gasteiger partial charge in [0.2, 0.25) is 0 Å². The fourth-order valence-electron chi connectivity index (χ4n) is 1.73. The van der Waals surface area contributed by atoms with E-state index in [1.807, 2.05) is 0 Å². The number of hydrogen-bond acceptors (Lipinski definition) is 5. The molecule has 0 spiro atoms. The summed E-state index contributed by atoms with van der Waals surface area (Å²) < 4.78 is 0. The minimum Gasteiger partial charge on any atom is -0.503 e. The third kappa shape index (κ3) is 1.41. The number of aromatic hydroxyl groups is 2. The molecule has 0 saturated heterocycles. The highest BCUT2D eigenvalue weighted by atomic mass is 16.3. The number of nitrogens with zero attached hydrogens (tertiary/aromatic N) is 1. The van der Waals surface area contributed by atoms with Crippen molar-refractivity contribution >= 4 is 22.1 Å². The van der Waals surface area contributed by atoms with Crippen LogP contribution in [-0.2, 0) is 0 Å². The second-order valence-electron chi connectivity index (χ2n) is 3.82. The van der Waals surface area contributed by atoms with Gasteiger partial charge in [0.05, 0.1) is 22.1 Å². The molecule has 3 aromatic rings. The molecular formula is C11H7N3O4. The lowest BCUT2D eigenvalue weighted by Gasteiger charge is -2.02. The number of hydrogen-bond donors (Lipinski definition) is 4. The maximum absolute atomic E-state index is 11.2. The molecule has 3 rings (SSSR count). The molecule has 3 heterocycles. The Morgan fingerprint density at radius 3 is 1.72 bits per heavy atom. The molecule has 0 unspecified atom stereocenters. The lowest BCUT2D eigenvalue weighted by Crippen LogP contribution is -2.07. The second kappa shape index (κ2) is 3.33. The molecule has 7 nitrogen and oxygen atoms in total. The Balaban J connectivity index is 2.51. The second-order valence-corrected chi connectivity index (χ2v) is 3.82. The van der Waals surface area contributed by atoms with Crippen LogP contribution >= 0.6 is 0 Å². The van der Waals surface area contributed by atoms with Crippen molar-refractivity contribution in [3.63, 3.8) is 0 Å². The minimum atomic E-state index is -0.634. The first-order chi connectivity index (χ1) is 8.54. The van der Waals surface area contributed by atoms with Crippen molar-refractivity contribution in [2.75, 3.05) is 0 Å². The third-order valence-electron chi connectivity index (χ3n) is 2.59. The quantitative estimate of drug-likeness (QED) is 0.421. The van der Waals surface area contributed by atoms with Gasteiger partial charge in [0, 0.05) is 12.1 Å². The van der Waals surface area contributed by atoms with E-state index in [2.05, 4.69) is 15.0 Å². The Morgan fingerprint density at radius 2 is 1.28 bits per heavy atom. The summed E-state index contributed by atoms with van der Waals surface area (Å²) in [4.78, 5) is 31.5. The van der Waals surface area contributed by atoms with Crippen LogP contribution < -0.4 is 11.1 Å². The fraction of sp³-hybridized carbons (Fsp3) is 0. The molecule has 0 bridgehead atoms. The summed E-state index contributed by atoms with van der Waals surface area (Å²) in [5, 5.41) is 18.6. The molecule has 0 aliphatic carbocycles. The Hall–Kier alpha value is -2.83. The van der Waals surface area contributed by atoms with Gasteiger partial charge in [0.25, 0.3) is 11.1 Å². The van der Waals surface area contributed by atoms with Gasteiger partial charge in [-0.2, -0.15) is 0 Å². The summed E-state index contributed by atoms with van der Waals surface area (Å²) >= 11 is 0. The molecule has 0 aliphatic heterocycles. The summed E-state index contributed by atoms with van der Waals surface area (Å²) in [6, 6.07) is 3.95. The number of rotatable bonds is 0. The fourth-order valence-corrected chi connectivity index (χ4v) is 1.73. The maximum Gasteiger partial charge on any atom is 0.290 e. The number of H-pyrrole nitrogens is 2. The van der Waals surface area contributed by atoms with E-state index >= 15 is 0 Å². The van der Waals surface area contributed by atoms with E-state index in [0.717, 1.165) is 0 Å². The highest BCUT2D eigenvalue weighted by Gasteiger charge is 2.07. The summed E-state index contributed by atoms with van der Waals surface area (Å²) in [5.41, 5.74) is 0.199. The molecule has 0 saturated carbocycles. The Kier molecular flexibility index (Phi) is 1.91. The lowest BCUT2D eigenvalue weighted by atomic mass is 10.2. The first-order valence-corrected chi connectivity index (χ1v) is 5.03. The zero-order valence-corrected chi connectivity index (χ0v) is 8.89. The number of aromatic amines is 2. The van der Waals surface area contributed by atoms with Gasteiger partial charge in [-0.1, -0.05) is 0 Å². The van der Waals surface area contributed by atoms with E-state index in [9.17, 15) is 19.8 Å². The molecular weight excluding hydrogens is 238 g/mol. The van der Waals surface area contributed by atoms with E-state index in [0.29, 0.717) is 22.1 Å². The Labute approximate surface area is 98.4 Å². The van der Waals surface area contributed by atoms with Gasteiger partial charge in [-0.15, -0.1) is 0 Å². The molecule has 0 aliphatic rings. The molecule has 0 fully saturated rings. The smallest absolute Gasteiger partial charge is 0.290 e. The summed E-state index contributed by atoms with van der Waals surface area (Å²) in [6.45, 7) is 0. The molecule has 0 amide bonds. The summed E-state index contributed by atoms with van der Waals surface area (Å²) in [6.07, 6.45) is 0. The Morgan fingerprint density at radius 1 is 0.833 bits per heavy atom. The van der Waals surface area contributed by atoms with Crippen molar-refractivity contribution in [1.29, 1.82) is 0 Å². The molecule has 0 aromatic carbocycles. The van der Waals surface area contributed by atoms with Crippen LogP contribution in [-0.4, -0.2) is 25.2 Å². The summed E-state index contributed by atoms with van der Waals surface area (Å²) in [5.74, 6) is -0.883. The van der Waals surface area contributed by atoms with Gasteiger partial charge < -0.3 is 20.2 Å². The zero-order valence-electron chi connectivity index (χ0n) is 8.89. The van der Waals surface area contributed by atoms with Gasteiger partial charge in [0.1, 0.15) is 0 Å². The van der Waals surface area contributed by atoms with Crippen LogP contribution in [0.5, 0.6) is 11.5 Å². The molecule has 7 heteroatoms. The normalized spacial score (nSPS) is 11.1. The average Bonchev–Trinajstić information content (AvgIpc) is 2.31. The molecule has 4 N–H and O–H groups in total. The van der Waals surface area contributed by atoms with Gasteiger partial charge in [-0.05, 0) is 6.07 Å². The van der Waals surface area contributed by atoms with Gasteiger partial charge in [-0.3, -0.25) is 9.59 Å². The van der Waals surface area contributed by atoms with E-state index < -0.39 is 22.6 Å². The first-order valence-electron chi connectivity index (χ1n) is 5.03. The number of aromatic nitrogens is 3. The van der Waals surface area contributed by atoms with Crippen molar-refractivity contribution in [2.45, 2.75) is 0 Å². The molecule has 3 aromatic heterocycles. The van der Waals surface area contributed by atoms with Crippen molar-refractivity contribution in [1.82, 2.24) is 15.0 Å². The van der Waals surface area contributed by atoms with Crippen LogP contribution in [0.15, 0.2) is 27.8 Å². The standard InChI is InChI=1S/C11H7N3O4/c15-8-2-6-4(13-10(8)17)1-5-7(12-6)3-9(16)11(18)14-5/h1-3,15-16H,(H,13,17)(H,14,18). The topological polar surface area (TPSA) is 119 Å². The minimum absolute atomic E-state index is 0.353. The SMILES string of the molecule is O=c1[nH]c2cc3[nH]c(=O)c(O)cc3nc2cc1O. The van der Waals surface area contributed by atoms with Gasteiger partial charge in [-0.25, -0.2) is 4.98 Å². The molecule has 0 atom stereocenters. The molecule has 90 valence electrons. The number of fused-ring (bicyclic) bond motifs is 2. The van der Waals surface area contributed by atoms with Crippen molar-refractivity contribution < 1.29 is 10.2 Å². The Bertz CT molecular complexity index is 823. The predicted octanol–water partition coefficient (Wildman–Crippen LogP) is 0.176. The van der Waals surface area contributed by atoms with Crippen molar-refractivity contribution in [3.8, 4) is 11.5 Å². The van der Waals surface area contributed by atoms with Crippen LogP contribution in [0.25, 0.3) is 22.1 Å². The lowest BCUT2D eigenvalue weighted by molar-refractivity contribution is 0.468. The van der Waals surface area contributed by atoms with Gasteiger partial charge >= 0.3 is 0 Å². The number of nitrogens with one attached hydrogen (secondary N) is 2. The number of pyridine rings is 3. The highest BCUT2D eigenvalue weighted by molar-refractivity contribution is 5.89. The van der Waals surface area contributed by atoms with E-state index in [1.54, 1.807) is 0 Å². The highest BCUT2D eigenvalue weighted by Crippen LogP contribution is 2.18. The third-order valence-corrected chi connectivity index (χ3v) is 2.59. The maximum atomic E-state index is 11.2. The van der Waals surface area contributed by atoms with Crippen LogP contribution in [0.3, 0.4) is 0 Å². The van der Waals surface area contributed by atoms with Gasteiger partial charge in [0.15, 0.2) is 11.5 Å². The van der Waals surface area contributed by atoms with E-state index in [-0.39, 0.29) is 0 Å². The van der Waals surface area contributed by atoms with Crippen molar-refractivity contribution in [3.05, 3.63) is 38.9 Å². The predicted molar refractivity (Wildman–Crippen MR) is 63.8 cm³/mol. The van der Waals surface area contributed by atoms with Crippen molar-refractivity contribution in [2.24, 2.45) is 0 Å². The molecule has 0 radical (unpaired) electrons. The summed E-state index contributed by atoms with van der Waals surface area (Å²) in [7, 11) is 0. The first kappa shape index (κ1) is 10.3. The zero-order chi connectivity index (χ0) is 12.9. The monoisotopic (exact) mass is 245 g/mol. The van der Waals surface area contributed by atoms with Crippen LogP contribution in [0, 0.1) is 0 Å². The average molecular weight is 245 g/mol. The molecule has 18 heavy (non-hydrogen) atoms. The van der Waals surface area contributed by atoms with Crippen LogP contribution in [0.4, 0.5) is 0 Å². The van der Waals surface area contributed by atoms with E-state index in [1.165, 1.54) is 18.2 Å². The largest absolute Gasteiger partial charge is 0.503 e. The van der Waals surface area contributed by atoms with Crippen LogP contribution in [0.1, 0.15) is 0 Å².